The monoisotopic (exact) mass is 322 g/mol. The molecule has 1 aliphatic rings. The van der Waals surface area contributed by atoms with E-state index in [1.807, 2.05) is 10.9 Å². The van der Waals surface area contributed by atoms with Crippen molar-refractivity contribution in [1.29, 1.82) is 0 Å². The van der Waals surface area contributed by atoms with Crippen molar-refractivity contribution in [3.63, 3.8) is 0 Å². The molecule has 0 spiro atoms. The van der Waals surface area contributed by atoms with Gasteiger partial charge >= 0.3 is 0 Å². The topological polar surface area (TPSA) is 115 Å². The van der Waals surface area contributed by atoms with Gasteiger partial charge in [-0.1, -0.05) is 0 Å². The van der Waals surface area contributed by atoms with Crippen LogP contribution in [0.1, 0.15) is 18.9 Å². The molecule has 2 rings (SSSR count). The molecule has 1 amide bonds. The van der Waals surface area contributed by atoms with Crippen molar-refractivity contribution in [2.75, 3.05) is 38.2 Å². The van der Waals surface area contributed by atoms with Gasteiger partial charge in [0.15, 0.2) is 0 Å². The number of aliphatic hydroxyl groups is 2. The molecule has 23 heavy (non-hydrogen) atoms. The van der Waals surface area contributed by atoms with E-state index in [9.17, 15) is 4.79 Å². The highest BCUT2D eigenvalue weighted by atomic mass is 16.3. The number of piperidine rings is 1. The molecule has 1 saturated heterocycles. The van der Waals surface area contributed by atoms with Crippen LogP contribution in [0.5, 0.6) is 0 Å². The van der Waals surface area contributed by atoms with Gasteiger partial charge in [0.1, 0.15) is 6.61 Å². The van der Waals surface area contributed by atoms with Crippen molar-refractivity contribution in [2.24, 2.45) is 9.98 Å². The number of nitrogens with one attached hydrogen (secondary N) is 1. The van der Waals surface area contributed by atoms with Gasteiger partial charge in [0.25, 0.3) is 0 Å². The normalized spacial score (nSPS) is 16.4. The maximum absolute atomic E-state index is 11.5. The van der Waals surface area contributed by atoms with E-state index >= 15 is 0 Å². The minimum Gasteiger partial charge on any atom is -0.394 e. The summed E-state index contributed by atoms with van der Waals surface area (Å²) < 4.78 is 1.86. The molecule has 2 heterocycles. The second-order valence-electron chi connectivity index (χ2n) is 5.19. The lowest BCUT2D eigenvalue weighted by Crippen LogP contribution is -2.40. The highest BCUT2D eigenvalue weighted by Crippen LogP contribution is 2.23. The van der Waals surface area contributed by atoms with Gasteiger partial charge in [-0.15, -0.1) is 0 Å². The van der Waals surface area contributed by atoms with Gasteiger partial charge in [0.05, 0.1) is 31.1 Å². The molecule has 9 nitrogen and oxygen atoms in total. The number of carbonyl (C=O) groups excluding carboxylic acids is 1. The zero-order chi connectivity index (χ0) is 16.7. The number of nitrogens with zero attached hydrogens (tertiary/aromatic N) is 5. The summed E-state index contributed by atoms with van der Waals surface area (Å²) in [7, 11) is 0. The van der Waals surface area contributed by atoms with Gasteiger partial charge in [0, 0.05) is 19.3 Å². The average Bonchev–Trinajstić information content (AvgIpc) is 3.06. The maximum atomic E-state index is 11.5. The van der Waals surface area contributed by atoms with Crippen LogP contribution < -0.4 is 5.32 Å². The summed E-state index contributed by atoms with van der Waals surface area (Å²) in [5.74, 6) is 0.107. The Kier molecular flexibility index (Phi) is 6.24. The Morgan fingerprint density at radius 2 is 2.17 bits per heavy atom. The van der Waals surface area contributed by atoms with E-state index in [0.29, 0.717) is 19.0 Å². The minimum atomic E-state index is -0.439. The molecule has 0 aromatic carbocycles. The predicted molar refractivity (Wildman–Crippen MR) is 86.7 cm³/mol. The largest absolute Gasteiger partial charge is 0.394 e. The first-order valence-corrected chi connectivity index (χ1v) is 7.49. The van der Waals surface area contributed by atoms with Gasteiger partial charge in [-0.25, -0.2) is 9.98 Å². The van der Waals surface area contributed by atoms with E-state index in [0.717, 1.165) is 18.5 Å². The van der Waals surface area contributed by atoms with Gasteiger partial charge in [-0.2, -0.15) is 5.10 Å². The first-order chi connectivity index (χ1) is 11.2. The second kappa shape index (κ2) is 8.39. The highest BCUT2D eigenvalue weighted by Gasteiger charge is 2.23. The Morgan fingerprint density at radius 3 is 2.78 bits per heavy atom. The fraction of sp³-hybridized carbons (Fsp3) is 0.571. The average molecular weight is 322 g/mol. The van der Waals surface area contributed by atoms with Gasteiger partial charge in [-0.05, 0) is 19.6 Å². The lowest BCUT2D eigenvalue weighted by atomic mass is 10.1. The number of carbonyl (C=O) groups is 1. The standard InChI is InChI=1S/C14H22N6O3/c1-15-14(16-4-7-21)18-11-8-17-20(9-11)12-2-5-19(6-3-12)13(23)10-22/h8-9,12,21-22H,1-7,10H2,(H,16,18). The molecule has 0 bridgehead atoms. The summed E-state index contributed by atoms with van der Waals surface area (Å²) >= 11 is 0. The summed E-state index contributed by atoms with van der Waals surface area (Å²) in [5, 5.41) is 25.0. The van der Waals surface area contributed by atoms with Crippen LogP contribution in [0.2, 0.25) is 0 Å². The molecule has 1 aliphatic heterocycles. The minimum absolute atomic E-state index is 0.0505. The van der Waals surface area contributed by atoms with Gasteiger partial charge in [0.2, 0.25) is 11.9 Å². The molecule has 0 radical (unpaired) electrons. The smallest absolute Gasteiger partial charge is 0.248 e. The molecule has 3 N–H and O–H groups in total. The van der Waals surface area contributed by atoms with E-state index < -0.39 is 6.61 Å². The number of aromatic nitrogens is 2. The number of hydrogen-bond acceptors (Lipinski definition) is 5. The van der Waals surface area contributed by atoms with Crippen LogP contribution in [-0.4, -0.2) is 76.3 Å². The molecule has 0 saturated carbocycles. The van der Waals surface area contributed by atoms with Crippen LogP contribution in [0.15, 0.2) is 22.4 Å². The zero-order valence-electron chi connectivity index (χ0n) is 12.9. The molecule has 1 aromatic heterocycles. The lowest BCUT2D eigenvalue weighted by Gasteiger charge is -2.31. The van der Waals surface area contributed by atoms with Gasteiger partial charge in [-0.3, -0.25) is 9.48 Å². The summed E-state index contributed by atoms with van der Waals surface area (Å²) in [4.78, 5) is 20.9. The number of aliphatic imine (C=N–C) groups is 2. The Balaban J connectivity index is 1.92. The van der Waals surface area contributed by atoms with E-state index in [1.54, 1.807) is 11.1 Å². The first-order valence-electron chi connectivity index (χ1n) is 7.49. The number of likely N-dealkylation sites (tertiary alicyclic amines) is 1. The summed E-state index contributed by atoms with van der Waals surface area (Å²) in [6.07, 6.45) is 5.11. The first kappa shape index (κ1) is 17.1. The third-order valence-corrected chi connectivity index (χ3v) is 3.70. The molecule has 1 aromatic rings. The highest BCUT2D eigenvalue weighted by molar-refractivity contribution is 5.96. The Morgan fingerprint density at radius 1 is 1.43 bits per heavy atom. The fourth-order valence-electron chi connectivity index (χ4n) is 2.50. The summed E-state index contributed by atoms with van der Waals surface area (Å²) in [6.45, 7) is 4.43. The molecular weight excluding hydrogens is 300 g/mol. The summed E-state index contributed by atoms with van der Waals surface area (Å²) in [6, 6.07) is 0.211. The Hall–Kier alpha value is -2.26. The number of guanidine groups is 1. The van der Waals surface area contributed by atoms with Crippen molar-refractivity contribution in [3.05, 3.63) is 12.4 Å². The molecule has 1 fully saturated rings. The SMILES string of the molecule is C=NC(=NCCO)Nc1cnn(C2CCN(C(=O)CO)CC2)c1. The Bertz CT molecular complexity index is 563. The van der Waals surface area contributed by atoms with E-state index in [1.165, 1.54) is 0 Å². The molecule has 126 valence electrons. The molecule has 9 heteroatoms. The predicted octanol–water partition coefficient (Wildman–Crippen LogP) is -0.500. The number of rotatable bonds is 5. The lowest BCUT2D eigenvalue weighted by molar-refractivity contribution is -0.135. The quantitative estimate of drug-likeness (QED) is 0.499. The number of aliphatic hydroxyl groups excluding tert-OH is 2. The molecular formula is C14H22N6O3. The van der Waals surface area contributed by atoms with Crippen molar-refractivity contribution in [2.45, 2.75) is 18.9 Å². The molecule has 0 unspecified atom stereocenters. The van der Waals surface area contributed by atoms with Crippen LogP contribution in [-0.2, 0) is 4.79 Å². The molecule has 0 atom stereocenters. The number of amides is 1. The maximum Gasteiger partial charge on any atom is 0.248 e. The third-order valence-electron chi connectivity index (χ3n) is 3.70. The number of anilines is 1. The fourth-order valence-corrected chi connectivity index (χ4v) is 2.50. The van der Waals surface area contributed by atoms with Crippen molar-refractivity contribution in [3.8, 4) is 0 Å². The van der Waals surface area contributed by atoms with Crippen LogP contribution in [0, 0.1) is 0 Å². The van der Waals surface area contributed by atoms with Crippen molar-refractivity contribution >= 4 is 24.3 Å². The third kappa shape index (κ3) is 4.60. The van der Waals surface area contributed by atoms with E-state index in [4.69, 9.17) is 10.2 Å². The Labute approximate surface area is 134 Å². The van der Waals surface area contributed by atoms with Crippen molar-refractivity contribution < 1.29 is 15.0 Å². The zero-order valence-corrected chi connectivity index (χ0v) is 12.9. The van der Waals surface area contributed by atoms with E-state index in [-0.39, 0.29) is 25.1 Å². The van der Waals surface area contributed by atoms with Crippen LogP contribution in [0.3, 0.4) is 0 Å². The summed E-state index contributed by atoms with van der Waals surface area (Å²) in [5.41, 5.74) is 0.739. The van der Waals surface area contributed by atoms with Crippen LogP contribution >= 0.6 is 0 Å². The number of hydrogen-bond donors (Lipinski definition) is 3. The van der Waals surface area contributed by atoms with Crippen LogP contribution in [0.4, 0.5) is 5.69 Å². The second-order valence-corrected chi connectivity index (χ2v) is 5.19. The van der Waals surface area contributed by atoms with Gasteiger partial charge < -0.3 is 20.4 Å². The van der Waals surface area contributed by atoms with E-state index in [2.05, 4.69) is 27.1 Å². The molecule has 0 aliphatic carbocycles. The van der Waals surface area contributed by atoms with Crippen molar-refractivity contribution in [1.82, 2.24) is 14.7 Å². The van der Waals surface area contributed by atoms with Crippen LogP contribution in [0.25, 0.3) is 0 Å².